The molecule has 0 saturated carbocycles. The molecule has 2 rings (SSSR count). The maximum Gasteiger partial charge on any atom is 0.201 e. The number of hydrogen-bond acceptors (Lipinski definition) is 1. The summed E-state index contributed by atoms with van der Waals surface area (Å²) >= 11 is 0. The van der Waals surface area contributed by atoms with E-state index in [1.165, 1.54) is 17.7 Å². The Kier molecular flexibility index (Phi) is 3.32. The van der Waals surface area contributed by atoms with E-state index >= 15 is 0 Å². The van der Waals surface area contributed by atoms with Crippen molar-refractivity contribution in [2.24, 2.45) is 0 Å². The Labute approximate surface area is 105 Å². The quantitative estimate of drug-likeness (QED) is 0.749. The molecule has 0 radical (unpaired) electrons. The molecule has 3 heteroatoms. The highest BCUT2D eigenvalue weighted by atomic mass is 19.2. The molecule has 0 fully saturated rings. The molecule has 0 aromatic heterocycles. The van der Waals surface area contributed by atoms with Crippen LogP contribution in [0.15, 0.2) is 30.3 Å². The predicted molar refractivity (Wildman–Crippen MR) is 67.1 cm³/mol. The Morgan fingerprint density at radius 1 is 0.944 bits per heavy atom. The van der Waals surface area contributed by atoms with Crippen LogP contribution >= 0.6 is 0 Å². The lowest BCUT2D eigenvalue weighted by atomic mass is 10.0. The van der Waals surface area contributed by atoms with Crippen molar-refractivity contribution in [3.05, 3.63) is 58.7 Å². The fraction of sp³-hybridized carbons (Fsp3) is 0.200. The molecule has 1 nitrogen and oxygen atoms in total. The molecule has 0 aliphatic heterocycles. The van der Waals surface area contributed by atoms with Crippen molar-refractivity contribution >= 4 is 0 Å². The molecule has 0 heterocycles. The molecule has 94 valence electrons. The lowest BCUT2D eigenvalue weighted by Gasteiger charge is -2.11. The molecule has 0 amide bonds. The Balaban J connectivity index is 2.37. The van der Waals surface area contributed by atoms with Gasteiger partial charge in [0.1, 0.15) is 5.75 Å². The van der Waals surface area contributed by atoms with Gasteiger partial charge in [-0.3, -0.25) is 0 Å². The van der Waals surface area contributed by atoms with E-state index in [1.807, 2.05) is 32.9 Å². The summed E-state index contributed by atoms with van der Waals surface area (Å²) in [6, 6.07) is 7.51. The average Bonchev–Trinajstić information content (AvgIpc) is 2.32. The zero-order chi connectivity index (χ0) is 13.3. The smallest absolute Gasteiger partial charge is 0.201 e. The number of rotatable bonds is 2. The van der Waals surface area contributed by atoms with Crippen LogP contribution in [-0.4, -0.2) is 0 Å². The summed E-state index contributed by atoms with van der Waals surface area (Å²) in [5.41, 5.74) is 3.28. The van der Waals surface area contributed by atoms with Gasteiger partial charge in [-0.25, -0.2) is 4.39 Å². The molecule has 0 aliphatic rings. The van der Waals surface area contributed by atoms with Crippen molar-refractivity contribution in [2.45, 2.75) is 20.8 Å². The van der Waals surface area contributed by atoms with Crippen LogP contribution in [-0.2, 0) is 0 Å². The molecule has 2 aromatic carbocycles. The molecule has 0 aliphatic carbocycles. The number of halogens is 2. The van der Waals surface area contributed by atoms with Gasteiger partial charge < -0.3 is 4.74 Å². The molecule has 0 bridgehead atoms. The molecule has 0 N–H and O–H groups in total. The summed E-state index contributed by atoms with van der Waals surface area (Å²) in [5, 5.41) is 0. The zero-order valence-corrected chi connectivity index (χ0v) is 10.6. The monoisotopic (exact) mass is 248 g/mol. The van der Waals surface area contributed by atoms with E-state index in [2.05, 4.69) is 0 Å². The summed E-state index contributed by atoms with van der Waals surface area (Å²) in [6.45, 7) is 5.92. The fourth-order valence-corrected chi connectivity index (χ4v) is 1.74. The van der Waals surface area contributed by atoms with Crippen molar-refractivity contribution < 1.29 is 13.5 Å². The van der Waals surface area contributed by atoms with Crippen molar-refractivity contribution in [1.29, 1.82) is 0 Å². The van der Waals surface area contributed by atoms with Gasteiger partial charge in [-0.2, -0.15) is 4.39 Å². The lowest BCUT2D eigenvalue weighted by molar-refractivity contribution is 0.415. The first-order valence-corrected chi connectivity index (χ1v) is 5.68. The summed E-state index contributed by atoms with van der Waals surface area (Å²) in [5.74, 6) is -1.46. The summed E-state index contributed by atoms with van der Waals surface area (Å²) < 4.78 is 31.9. The normalized spacial score (nSPS) is 10.5. The van der Waals surface area contributed by atoms with Gasteiger partial charge in [-0.05, 0) is 61.7 Å². The van der Waals surface area contributed by atoms with Gasteiger partial charge >= 0.3 is 0 Å². The van der Waals surface area contributed by atoms with Gasteiger partial charge in [-0.1, -0.05) is 6.07 Å². The molecule has 2 aromatic rings. The van der Waals surface area contributed by atoms with Gasteiger partial charge in [0.15, 0.2) is 11.6 Å². The van der Waals surface area contributed by atoms with E-state index in [1.54, 1.807) is 0 Å². The van der Waals surface area contributed by atoms with Gasteiger partial charge in [0.05, 0.1) is 0 Å². The Hall–Kier alpha value is -1.90. The van der Waals surface area contributed by atoms with Crippen LogP contribution in [0.1, 0.15) is 16.7 Å². The highest BCUT2D eigenvalue weighted by molar-refractivity contribution is 5.42. The van der Waals surface area contributed by atoms with E-state index < -0.39 is 11.6 Å². The van der Waals surface area contributed by atoms with Crippen molar-refractivity contribution in [2.75, 3.05) is 0 Å². The Morgan fingerprint density at radius 3 is 2.17 bits per heavy atom. The molecule has 18 heavy (non-hydrogen) atoms. The van der Waals surface area contributed by atoms with Gasteiger partial charge in [0.2, 0.25) is 5.82 Å². The van der Waals surface area contributed by atoms with Gasteiger partial charge in [-0.15, -0.1) is 0 Å². The summed E-state index contributed by atoms with van der Waals surface area (Å²) in [6.07, 6.45) is 0. The molecule has 0 atom stereocenters. The van der Waals surface area contributed by atoms with Crippen molar-refractivity contribution in [3.8, 4) is 11.5 Å². The first-order valence-electron chi connectivity index (χ1n) is 5.68. The second kappa shape index (κ2) is 4.77. The van der Waals surface area contributed by atoms with Crippen LogP contribution in [0.4, 0.5) is 8.78 Å². The summed E-state index contributed by atoms with van der Waals surface area (Å²) in [4.78, 5) is 0. The molecular formula is C15H14F2O. The molecule has 0 spiro atoms. The number of ether oxygens (including phenoxy) is 1. The predicted octanol–water partition coefficient (Wildman–Crippen LogP) is 4.68. The van der Waals surface area contributed by atoms with Crippen LogP contribution in [0.25, 0.3) is 0 Å². The number of aryl methyl sites for hydroxylation is 2. The third-order valence-electron chi connectivity index (χ3n) is 3.04. The van der Waals surface area contributed by atoms with E-state index in [0.717, 1.165) is 17.2 Å². The highest BCUT2D eigenvalue weighted by Gasteiger charge is 2.10. The van der Waals surface area contributed by atoms with Crippen LogP contribution in [0.3, 0.4) is 0 Å². The first-order chi connectivity index (χ1) is 8.49. The van der Waals surface area contributed by atoms with Crippen LogP contribution in [0.2, 0.25) is 0 Å². The third kappa shape index (κ3) is 2.35. The van der Waals surface area contributed by atoms with Gasteiger partial charge in [0, 0.05) is 0 Å². The van der Waals surface area contributed by atoms with Crippen LogP contribution in [0, 0.1) is 32.4 Å². The third-order valence-corrected chi connectivity index (χ3v) is 3.04. The number of benzene rings is 2. The van der Waals surface area contributed by atoms with E-state index in [-0.39, 0.29) is 5.75 Å². The van der Waals surface area contributed by atoms with Crippen LogP contribution in [0.5, 0.6) is 11.5 Å². The van der Waals surface area contributed by atoms with E-state index in [9.17, 15) is 8.78 Å². The van der Waals surface area contributed by atoms with Crippen molar-refractivity contribution in [3.63, 3.8) is 0 Å². The highest BCUT2D eigenvalue weighted by Crippen LogP contribution is 2.28. The van der Waals surface area contributed by atoms with Crippen LogP contribution < -0.4 is 4.74 Å². The second-order valence-corrected chi connectivity index (χ2v) is 4.34. The maximum absolute atomic E-state index is 13.5. The standard InChI is InChI=1S/C15H14F2O/c1-9-7-12(8-10(2)11(9)3)18-14-6-4-5-13(16)15(14)17/h4-8H,1-3H3. The van der Waals surface area contributed by atoms with Crippen molar-refractivity contribution in [1.82, 2.24) is 0 Å². The van der Waals surface area contributed by atoms with E-state index in [0.29, 0.717) is 5.75 Å². The summed E-state index contributed by atoms with van der Waals surface area (Å²) in [7, 11) is 0. The second-order valence-electron chi connectivity index (χ2n) is 4.34. The fourth-order valence-electron chi connectivity index (χ4n) is 1.74. The van der Waals surface area contributed by atoms with Gasteiger partial charge in [0.25, 0.3) is 0 Å². The Bertz CT molecular complexity index is 568. The zero-order valence-electron chi connectivity index (χ0n) is 10.6. The molecule has 0 saturated heterocycles. The maximum atomic E-state index is 13.5. The topological polar surface area (TPSA) is 9.23 Å². The minimum absolute atomic E-state index is 0.0994. The van der Waals surface area contributed by atoms with E-state index in [4.69, 9.17) is 4.74 Å². The largest absolute Gasteiger partial charge is 0.454 e. The first kappa shape index (κ1) is 12.6. The number of hydrogen-bond donors (Lipinski definition) is 0. The Morgan fingerprint density at radius 2 is 1.56 bits per heavy atom. The minimum atomic E-state index is -0.964. The lowest BCUT2D eigenvalue weighted by Crippen LogP contribution is -1.94. The average molecular weight is 248 g/mol. The molecule has 0 unspecified atom stereocenters. The molecular weight excluding hydrogens is 234 g/mol. The SMILES string of the molecule is Cc1cc(Oc2cccc(F)c2F)cc(C)c1C. The minimum Gasteiger partial charge on any atom is -0.454 e.